The van der Waals surface area contributed by atoms with Crippen LogP contribution in [-0.2, 0) is 19.6 Å². The van der Waals surface area contributed by atoms with Crippen molar-refractivity contribution in [2.24, 2.45) is 11.7 Å². The SMILES string of the molecule is Cc1cc(C)cc(N(CC(=O)N2CCC(C(N)=O)CC2)S(C)(=O)=O)c1. The lowest BCUT2D eigenvalue weighted by Crippen LogP contribution is -2.47. The fraction of sp³-hybridized carbons (Fsp3) is 0.529. The van der Waals surface area contributed by atoms with Crippen LogP contribution in [0.2, 0.25) is 0 Å². The van der Waals surface area contributed by atoms with E-state index in [1.54, 1.807) is 17.0 Å². The quantitative estimate of drug-likeness (QED) is 0.831. The number of primary amides is 1. The summed E-state index contributed by atoms with van der Waals surface area (Å²) in [6.07, 6.45) is 2.13. The van der Waals surface area contributed by atoms with Gasteiger partial charge in [-0.1, -0.05) is 6.07 Å². The van der Waals surface area contributed by atoms with Crippen LogP contribution in [-0.4, -0.2) is 51.0 Å². The molecular formula is C17H25N3O4S. The molecule has 2 rings (SSSR count). The Bertz CT molecular complexity index is 748. The van der Waals surface area contributed by atoms with Gasteiger partial charge < -0.3 is 10.6 Å². The molecule has 1 aliphatic rings. The molecule has 0 saturated carbocycles. The molecule has 1 fully saturated rings. The first kappa shape index (κ1) is 19.2. The number of aryl methyl sites for hydroxylation is 2. The highest BCUT2D eigenvalue weighted by atomic mass is 32.2. The lowest BCUT2D eigenvalue weighted by atomic mass is 9.96. The van der Waals surface area contributed by atoms with Crippen LogP contribution in [0.25, 0.3) is 0 Å². The molecule has 7 nitrogen and oxygen atoms in total. The van der Waals surface area contributed by atoms with Crippen LogP contribution >= 0.6 is 0 Å². The van der Waals surface area contributed by atoms with Crippen LogP contribution in [0.3, 0.4) is 0 Å². The Labute approximate surface area is 148 Å². The molecular weight excluding hydrogens is 342 g/mol. The first-order valence-electron chi connectivity index (χ1n) is 8.21. The molecule has 0 aromatic heterocycles. The number of likely N-dealkylation sites (tertiary alicyclic amines) is 1. The van der Waals surface area contributed by atoms with Crippen LogP contribution in [0.5, 0.6) is 0 Å². The average molecular weight is 367 g/mol. The fourth-order valence-electron chi connectivity index (χ4n) is 3.13. The van der Waals surface area contributed by atoms with Crippen molar-refractivity contribution in [3.05, 3.63) is 29.3 Å². The molecule has 138 valence electrons. The van der Waals surface area contributed by atoms with Crippen molar-refractivity contribution >= 4 is 27.5 Å². The molecule has 8 heteroatoms. The van der Waals surface area contributed by atoms with E-state index in [-0.39, 0.29) is 24.3 Å². The molecule has 0 radical (unpaired) electrons. The van der Waals surface area contributed by atoms with E-state index >= 15 is 0 Å². The highest BCUT2D eigenvalue weighted by Gasteiger charge is 2.29. The Balaban J connectivity index is 2.16. The summed E-state index contributed by atoms with van der Waals surface area (Å²) in [5, 5.41) is 0. The van der Waals surface area contributed by atoms with Gasteiger partial charge in [0.25, 0.3) is 0 Å². The minimum atomic E-state index is -3.60. The topological polar surface area (TPSA) is 101 Å². The Morgan fingerprint density at radius 2 is 1.68 bits per heavy atom. The minimum absolute atomic E-state index is 0.213. The normalized spacial score (nSPS) is 15.9. The van der Waals surface area contributed by atoms with Crippen LogP contribution in [0, 0.1) is 19.8 Å². The van der Waals surface area contributed by atoms with Crippen LogP contribution in [0.1, 0.15) is 24.0 Å². The largest absolute Gasteiger partial charge is 0.369 e. The minimum Gasteiger partial charge on any atom is -0.369 e. The number of benzene rings is 1. The summed E-state index contributed by atoms with van der Waals surface area (Å²) < 4.78 is 25.6. The number of rotatable bonds is 5. The van der Waals surface area contributed by atoms with Gasteiger partial charge in [0, 0.05) is 19.0 Å². The van der Waals surface area contributed by atoms with Crippen molar-refractivity contribution in [1.29, 1.82) is 0 Å². The number of carbonyl (C=O) groups is 2. The van der Waals surface area contributed by atoms with E-state index in [1.807, 2.05) is 19.9 Å². The van der Waals surface area contributed by atoms with Gasteiger partial charge in [-0.05, 0) is 49.9 Å². The zero-order chi connectivity index (χ0) is 18.8. The van der Waals surface area contributed by atoms with Gasteiger partial charge in [-0.3, -0.25) is 13.9 Å². The molecule has 1 saturated heterocycles. The lowest BCUT2D eigenvalue weighted by molar-refractivity contribution is -0.133. The number of hydrogen-bond acceptors (Lipinski definition) is 4. The summed E-state index contributed by atoms with van der Waals surface area (Å²) in [6, 6.07) is 5.45. The molecule has 2 N–H and O–H groups in total. The summed E-state index contributed by atoms with van der Waals surface area (Å²) in [5.74, 6) is -0.831. The number of nitrogens with two attached hydrogens (primary N) is 1. The number of sulfonamides is 1. The molecule has 1 aromatic carbocycles. The zero-order valence-electron chi connectivity index (χ0n) is 14.9. The van der Waals surface area contributed by atoms with Gasteiger partial charge in [0.05, 0.1) is 11.9 Å². The Morgan fingerprint density at radius 3 is 2.12 bits per heavy atom. The molecule has 0 aliphatic carbocycles. The third-order valence-electron chi connectivity index (χ3n) is 4.42. The van der Waals surface area contributed by atoms with Gasteiger partial charge in [-0.25, -0.2) is 8.42 Å². The predicted octanol–water partition coefficient (Wildman–Crippen LogP) is 0.793. The number of anilines is 1. The monoisotopic (exact) mass is 367 g/mol. The fourth-order valence-corrected chi connectivity index (χ4v) is 3.96. The summed E-state index contributed by atoms with van der Waals surface area (Å²) in [6.45, 7) is 4.34. The maximum Gasteiger partial charge on any atom is 0.243 e. The molecule has 1 aliphatic heterocycles. The number of carbonyl (C=O) groups excluding carboxylic acids is 2. The molecule has 1 heterocycles. The predicted molar refractivity (Wildman–Crippen MR) is 96.6 cm³/mol. The Hall–Kier alpha value is -2.09. The summed E-state index contributed by atoms with van der Waals surface area (Å²) in [4.78, 5) is 25.4. The van der Waals surface area contributed by atoms with Crippen molar-refractivity contribution in [1.82, 2.24) is 4.90 Å². The van der Waals surface area contributed by atoms with Gasteiger partial charge >= 0.3 is 0 Å². The number of amides is 2. The molecule has 0 unspecified atom stereocenters. The van der Waals surface area contributed by atoms with Crippen molar-refractivity contribution in [3.8, 4) is 0 Å². The summed E-state index contributed by atoms with van der Waals surface area (Å²) in [7, 11) is -3.60. The van der Waals surface area contributed by atoms with E-state index in [0.717, 1.165) is 21.7 Å². The molecule has 25 heavy (non-hydrogen) atoms. The van der Waals surface area contributed by atoms with E-state index in [2.05, 4.69) is 0 Å². The van der Waals surface area contributed by atoms with Crippen LogP contribution in [0.15, 0.2) is 18.2 Å². The Morgan fingerprint density at radius 1 is 1.16 bits per heavy atom. The molecule has 0 atom stereocenters. The number of hydrogen-bond donors (Lipinski definition) is 1. The summed E-state index contributed by atoms with van der Waals surface area (Å²) >= 11 is 0. The highest BCUT2D eigenvalue weighted by molar-refractivity contribution is 7.92. The number of piperidine rings is 1. The van der Waals surface area contributed by atoms with Crippen molar-refractivity contribution < 1.29 is 18.0 Å². The molecule has 0 bridgehead atoms. The summed E-state index contributed by atoms with van der Waals surface area (Å²) in [5.41, 5.74) is 7.65. The second-order valence-corrected chi connectivity index (χ2v) is 8.58. The highest BCUT2D eigenvalue weighted by Crippen LogP contribution is 2.22. The third kappa shape index (κ3) is 4.94. The molecule has 1 aromatic rings. The van der Waals surface area contributed by atoms with Gasteiger partial charge in [-0.2, -0.15) is 0 Å². The second-order valence-electron chi connectivity index (χ2n) is 6.67. The molecule has 2 amide bonds. The van der Waals surface area contributed by atoms with Crippen molar-refractivity contribution in [2.45, 2.75) is 26.7 Å². The zero-order valence-corrected chi connectivity index (χ0v) is 15.7. The van der Waals surface area contributed by atoms with Gasteiger partial charge in [0.2, 0.25) is 21.8 Å². The van der Waals surface area contributed by atoms with E-state index in [9.17, 15) is 18.0 Å². The first-order chi connectivity index (χ1) is 11.6. The average Bonchev–Trinajstić information content (AvgIpc) is 2.50. The third-order valence-corrected chi connectivity index (χ3v) is 5.56. The Kier molecular flexibility index (Phi) is 5.72. The van der Waals surface area contributed by atoms with E-state index in [1.165, 1.54) is 0 Å². The maximum atomic E-state index is 12.6. The van der Waals surface area contributed by atoms with E-state index < -0.39 is 10.0 Å². The second kappa shape index (κ2) is 7.43. The lowest BCUT2D eigenvalue weighted by Gasteiger charge is -2.32. The smallest absolute Gasteiger partial charge is 0.243 e. The first-order valence-corrected chi connectivity index (χ1v) is 10.1. The van der Waals surface area contributed by atoms with E-state index in [4.69, 9.17) is 5.73 Å². The maximum absolute atomic E-state index is 12.6. The van der Waals surface area contributed by atoms with E-state index in [0.29, 0.717) is 31.6 Å². The van der Waals surface area contributed by atoms with Crippen LogP contribution in [0.4, 0.5) is 5.69 Å². The number of nitrogens with zero attached hydrogens (tertiary/aromatic N) is 2. The van der Waals surface area contributed by atoms with Crippen molar-refractivity contribution in [2.75, 3.05) is 30.2 Å². The van der Waals surface area contributed by atoms with Gasteiger partial charge in [-0.15, -0.1) is 0 Å². The standard InChI is InChI=1S/C17H25N3O4S/c1-12-8-13(2)10-15(9-12)20(25(3,23)24)11-16(21)19-6-4-14(5-7-19)17(18)22/h8-10,14H,4-7,11H2,1-3H3,(H2,18,22). The van der Waals surface area contributed by atoms with Gasteiger partial charge in [0.1, 0.15) is 6.54 Å². The van der Waals surface area contributed by atoms with Crippen LogP contribution < -0.4 is 10.0 Å². The van der Waals surface area contributed by atoms with Crippen molar-refractivity contribution in [3.63, 3.8) is 0 Å². The molecule has 0 spiro atoms. The van der Waals surface area contributed by atoms with Gasteiger partial charge in [0.15, 0.2) is 0 Å².